The zero-order chi connectivity index (χ0) is 18.8. The number of hydrogen-bond donors (Lipinski definition) is 0. The number of aldehydes is 1. The van der Waals surface area contributed by atoms with Crippen LogP contribution in [0.2, 0.25) is 0 Å². The molecule has 11 heteroatoms. The molecule has 132 valence electrons. The Bertz CT molecular complexity index is 959. The fourth-order valence-electron chi connectivity index (χ4n) is 1.82. The zero-order valence-electron chi connectivity index (χ0n) is 12.5. The van der Waals surface area contributed by atoms with Gasteiger partial charge in [0.2, 0.25) is 0 Å². The summed E-state index contributed by atoms with van der Waals surface area (Å²) in [5, 5.41) is 9.44. The van der Waals surface area contributed by atoms with Gasteiger partial charge in [-0.15, -0.1) is 11.3 Å². The van der Waals surface area contributed by atoms with E-state index in [1.165, 1.54) is 6.07 Å². The SMILES string of the molecule is CCc1nc(-c2ccc(OS(=O)(=O)C(F)(F)F)c(C#N)c2)sc1C=O. The lowest BCUT2D eigenvalue weighted by atomic mass is 10.1. The third-order valence-electron chi connectivity index (χ3n) is 3.00. The summed E-state index contributed by atoms with van der Waals surface area (Å²) in [5.74, 6) is -0.744. The molecule has 1 heterocycles. The van der Waals surface area contributed by atoms with Crippen molar-refractivity contribution in [2.75, 3.05) is 0 Å². The second kappa shape index (κ2) is 6.81. The fourth-order valence-corrected chi connectivity index (χ4v) is 3.26. The summed E-state index contributed by atoms with van der Waals surface area (Å²) in [5.41, 5.74) is -5.12. The largest absolute Gasteiger partial charge is 0.534 e. The van der Waals surface area contributed by atoms with Crippen molar-refractivity contribution in [1.29, 1.82) is 5.26 Å². The summed E-state index contributed by atoms with van der Waals surface area (Å²) < 4.78 is 63.3. The molecule has 6 nitrogen and oxygen atoms in total. The molecule has 0 aliphatic heterocycles. The lowest BCUT2D eigenvalue weighted by Gasteiger charge is -2.10. The third kappa shape index (κ3) is 3.80. The molecule has 0 aliphatic carbocycles. The Morgan fingerprint density at radius 3 is 2.56 bits per heavy atom. The Morgan fingerprint density at radius 2 is 2.08 bits per heavy atom. The van der Waals surface area contributed by atoms with Gasteiger partial charge < -0.3 is 4.18 Å². The Balaban J connectivity index is 2.46. The number of alkyl halides is 3. The summed E-state index contributed by atoms with van der Waals surface area (Å²) in [4.78, 5) is 15.6. The molecule has 0 N–H and O–H groups in total. The maximum atomic E-state index is 12.4. The van der Waals surface area contributed by atoms with E-state index in [9.17, 15) is 26.4 Å². The number of hydrogen-bond acceptors (Lipinski definition) is 7. The van der Waals surface area contributed by atoms with Crippen molar-refractivity contribution in [1.82, 2.24) is 4.98 Å². The molecule has 0 saturated heterocycles. The number of benzene rings is 1. The van der Waals surface area contributed by atoms with Crippen LogP contribution in [0, 0.1) is 11.3 Å². The Hall–Kier alpha value is -2.45. The first-order valence-corrected chi connectivity index (χ1v) is 8.85. The number of aryl methyl sites for hydroxylation is 1. The molecule has 0 fully saturated rings. The molecule has 2 rings (SSSR count). The molecule has 0 amide bonds. The van der Waals surface area contributed by atoms with Crippen LogP contribution in [0.15, 0.2) is 18.2 Å². The van der Waals surface area contributed by atoms with Gasteiger partial charge in [0.15, 0.2) is 12.0 Å². The van der Waals surface area contributed by atoms with Crippen LogP contribution in [-0.2, 0) is 16.5 Å². The van der Waals surface area contributed by atoms with Gasteiger partial charge in [-0.1, -0.05) is 6.92 Å². The molecule has 0 spiro atoms. The number of nitrogens with zero attached hydrogens (tertiary/aromatic N) is 2. The summed E-state index contributed by atoms with van der Waals surface area (Å²) in [7, 11) is -5.88. The molecule has 2 aromatic rings. The maximum Gasteiger partial charge on any atom is 0.534 e. The van der Waals surface area contributed by atoms with E-state index in [1.54, 1.807) is 13.0 Å². The number of carbonyl (C=O) groups is 1. The maximum absolute atomic E-state index is 12.4. The van der Waals surface area contributed by atoms with Gasteiger partial charge in [0.1, 0.15) is 11.1 Å². The first kappa shape index (κ1) is 18.9. The van der Waals surface area contributed by atoms with Crippen molar-refractivity contribution in [2.45, 2.75) is 18.9 Å². The molecule has 0 saturated carbocycles. The molecule has 0 aliphatic rings. The van der Waals surface area contributed by atoms with Gasteiger partial charge >= 0.3 is 15.6 Å². The summed E-state index contributed by atoms with van der Waals surface area (Å²) >= 11 is 1.05. The summed E-state index contributed by atoms with van der Waals surface area (Å²) in [6.45, 7) is 1.80. The highest BCUT2D eigenvalue weighted by Gasteiger charge is 2.48. The molecule has 0 atom stereocenters. The highest BCUT2D eigenvalue weighted by atomic mass is 32.2. The van der Waals surface area contributed by atoms with Gasteiger partial charge in [-0.2, -0.15) is 26.9 Å². The van der Waals surface area contributed by atoms with Gasteiger partial charge in [-0.05, 0) is 24.6 Å². The molecule has 1 aromatic carbocycles. The Morgan fingerprint density at radius 1 is 1.40 bits per heavy atom. The minimum atomic E-state index is -5.88. The van der Waals surface area contributed by atoms with Crippen molar-refractivity contribution < 1.29 is 30.6 Å². The number of rotatable bonds is 5. The molecule has 1 aromatic heterocycles. The predicted octanol–water partition coefficient (Wildman–Crippen LogP) is 3.29. The van der Waals surface area contributed by atoms with E-state index in [-0.39, 0.29) is 0 Å². The first-order valence-electron chi connectivity index (χ1n) is 6.63. The molecular formula is C14H9F3N2O4S2. The highest BCUT2D eigenvalue weighted by Crippen LogP contribution is 2.33. The number of aromatic nitrogens is 1. The molecule has 0 radical (unpaired) electrons. The third-order valence-corrected chi connectivity index (χ3v) is 5.04. The van der Waals surface area contributed by atoms with E-state index < -0.39 is 26.9 Å². The van der Waals surface area contributed by atoms with Crippen LogP contribution in [0.1, 0.15) is 27.9 Å². The zero-order valence-corrected chi connectivity index (χ0v) is 14.1. The number of thiazole rings is 1. The average Bonchev–Trinajstić information content (AvgIpc) is 2.97. The van der Waals surface area contributed by atoms with Crippen molar-refractivity contribution in [3.63, 3.8) is 0 Å². The van der Waals surface area contributed by atoms with Gasteiger partial charge in [-0.3, -0.25) is 4.79 Å². The van der Waals surface area contributed by atoms with Crippen LogP contribution in [0.5, 0.6) is 5.75 Å². The standard InChI is InChI=1S/C14H9F3N2O4S2/c1-2-10-12(7-20)24-13(19-10)8-3-4-11(9(5-8)6-18)23-25(21,22)14(15,16)17/h3-5,7H,2H2,1H3. The van der Waals surface area contributed by atoms with E-state index in [2.05, 4.69) is 9.17 Å². The Labute approximate surface area is 144 Å². The van der Waals surface area contributed by atoms with E-state index in [4.69, 9.17) is 5.26 Å². The molecule has 0 unspecified atom stereocenters. The highest BCUT2D eigenvalue weighted by molar-refractivity contribution is 7.88. The summed E-state index contributed by atoms with van der Waals surface area (Å²) in [6, 6.07) is 4.92. The monoisotopic (exact) mass is 390 g/mol. The van der Waals surface area contributed by atoms with Crippen molar-refractivity contribution >= 4 is 27.7 Å². The van der Waals surface area contributed by atoms with Crippen LogP contribution < -0.4 is 4.18 Å². The molecule has 25 heavy (non-hydrogen) atoms. The van der Waals surface area contributed by atoms with Crippen LogP contribution in [0.4, 0.5) is 13.2 Å². The van der Waals surface area contributed by atoms with Crippen molar-refractivity contribution in [3.8, 4) is 22.4 Å². The van der Waals surface area contributed by atoms with Gasteiger partial charge in [0.25, 0.3) is 0 Å². The van der Waals surface area contributed by atoms with Crippen molar-refractivity contribution in [2.24, 2.45) is 0 Å². The second-order valence-corrected chi connectivity index (χ2v) is 7.18. The summed E-state index contributed by atoms with van der Waals surface area (Å²) in [6.07, 6.45) is 1.14. The smallest absolute Gasteiger partial charge is 0.375 e. The predicted molar refractivity (Wildman–Crippen MR) is 82.6 cm³/mol. The minimum absolute atomic E-state index is 0.348. The second-order valence-electron chi connectivity index (χ2n) is 4.61. The topological polar surface area (TPSA) is 97.1 Å². The van der Waals surface area contributed by atoms with Crippen LogP contribution in [0.25, 0.3) is 10.6 Å². The van der Waals surface area contributed by atoms with Gasteiger partial charge in [0, 0.05) is 5.56 Å². The molecular weight excluding hydrogens is 381 g/mol. The van der Waals surface area contributed by atoms with Crippen molar-refractivity contribution in [3.05, 3.63) is 34.3 Å². The number of halogens is 3. The molecule has 0 bridgehead atoms. The average molecular weight is 390 g/mol. The normalized spacial score (nSPS) is 11.8. The first-order chi connectivity index (χ1) is 11.6. The van der Waals surface area contributed by atoms with Gasteiger partial charge in [0.05, 0.1) is 16.1 Å². The minimum Gasteiger partial charge on any atom is -0.375 e. The van der Waals surface area contributed by atoms with Gasteiger partial charge in [-0.25, -0.2) is 4.98 Å². The van der Waals surface area contributed by atoms with E-state index >= 15 is 0 Å². The lowest BCUT2D eigenvalue weighted by Crippen LogP contribution is -2.28. The lowest BCUT2D eigenvalue weighted by molar-refractivity contribution is -0.0500. The van der Waals surface area contributed by atoms with E-state index in [0.29, 0.717) is 33.8 Å². The fraction of sp³-hybridized carbons (Fsp3) is 0.214. The number of carbonyl (C=O) groups excluding carboxylic acids is 1. The van der Waals surface area contributed by atoms with Crippen LogP contribution in [0.3, 0.4) is 0 Å². The van der Waals surface area contributed by atoms with Crippen LogP contribution in [-0.4, -0.2) is 25.2 Å². The van der Waals surface area contributed by atoms with Crippen LogP contribution >= 0.6 is 11.3 Å². The number of nitriles is 1. The van der Waals surface area contributed by atoms with E-state index in [0.717, 1.165) is 23.5 Å². The van der Waals surface area contributed by atoms with E-state index in [1.807, 2.05) is 0 Å². The quantitative estimate of drug-likeness (QED) is 0.442. The Kier molecular flexibility index (Phi) is 5.15.